The molecule has 1 rings (SSSR count). The monoisotopic (exact) mass is 286 g/mol. The number of urea groups is 1. The molecule has 0 spiro atoms. The third-order valence-electron chi connectivity index (χ3n) is 3.64. The molecule has 0 atom stereocenters. The van der Waals surface area contributed by atoms with Gasteiger partial charge in [-0.2, -0.15) is 0 Å². The van der Waals surface area contributed by atoms with Gasteiger partial charge in [-0.15, -0.1) is 0 Å². The van der Waals surface area contributed by atoms with Crippen LogP contribution in [0, 0.1) is 5.41 Å². The largest absolute Gasteiger partial charge is 0.481 e. The van der Waals surface area contributed by atoms with Gasteiger partial charge in [0.15, 0.2) is 0 Å². The van der Waals surface area contributed by atoms with Crippen LogP contribution in [0.25, 0.3) is 0 Å². The fourth-order valence-corrected chi connectivity index (χ4v) is 2.12. The van der Waals surface area contributed by atoms with Gasteiger partial charge in [0.2, 0.25) is 0 Å². The molecule has 2 amide bonds. The second kappa shape index (κ2) is 7.12. The molecular formula is C13H22N2O5. The number of hydrogen-bond acceptors (Lipinski definition) is 4. The third-order valence-corrected chi connectivity index (χ3v) is 3.64. The van der Waals surface area contributed by atoms with Crippen LogP contribution in [0.3, 0.4) is 0 Å². The molecule has 0 aromatic carbocycles. The van der Waals surface area contributed by atoms with Crippen molar-refractivity contribution in [3.05, 3.63) is 0 Å². The molecule has 20 heavy (non-hydrogen) atoms. The van der Waals surface area contributed by atoms with E-state index < -0.39 is 23.4 Å². The molecule has 0 bridgehead atoms. The zero-order chi connectivity index (χ0) is 15.2. The smallest absolute Gasteiger partial charge is 0.325 e. The van der Waals surface area contributed by atoms with Crippen molar-refractivity contribution in [3.8, 4) is 0 Å². The molecule has 0 saturated heterocycles. The lowest BCUT2D eigenvalue weighted by molar-refractivity contribution is -0.154. The normalized spacial score (nSPS) is 15.9. The van der Waals surface area contributed by atoms with Crippen molar-refractivity contribution in [3.63, 3.8) is 0 Å². The number of likely N-dealkylation sites (N-methyl/N-ethyl adjacent to an activating group) is 1. The maximum absolute atomic E-state index is 11.9. The van der Waals surface area contributed by atoms with E-state index >= 15 is 0 Å². The molecule has 2 N–H and O–H groups in total. The van der Waals surface area contributed by atoms with E-state index in [4.69, 9.17) is 9.84 Å². The Morgan fingerprint density at radius 2 is 1.95 bits per heavy atom. The average molecular weight is 286 g/mol. The minimum absolute atomic E-state index is 0.0977. The zero-order valence-corrected chi connectivity index (χ0v) is 12.0. The quantitative estimate of drug-likeness (QED) is 0.676. The summed E-state index contributed by atoms with van der Waals surface area (Å²) in [5, 5.41) is 11.8. The summed E-state index contributed by atoms with van der Waals surface area (Å²) in [4.78, 5) is 35.8. The van der Waals surface area contributed by atoms with Gasteiger partial charge in [-0.3, -0.25) is 9.59 Å². The Hall–Kier alpha value is -1.79. The summed E-state index contributed by atoms with van der Waals surface area (Å²) in [6, 6.07) is -0.437. The second-order valence-corrected chi connectivity index (χ2v) is 4.92. The molecule has 7 nitrogen and oxygen atoms in total. The van der Waals surface area contributed by atoms with Crippen LogP contribution < -0.4 is 5.32 Å². The molecular weight excluding hydrogens is 264 g/mol. The number of carboxylic acids is 1. The van der Waals surface area contributed by atoms with E-state index in [1.54, 1.807) is 13.8 Å². The molecule has 1 aliphatic carbocycles. The fourth-order valence-electron chi connectivity index (χ4n) is 2.12. The van der Waals surface area contributed by atoms with Gasteiger partial charge < -0.3 is 20.1 Å². The van der Waals surface area contributed by atoms with E-state index in [1.165, 1.54) is 4.90 Å². The lowest BCUT2D eigenvalue weighted by atomic mass is 9.69. The first kappa shape index (κ1) is 16.3. The number of carbonyl (C=O) groups excluding carboxylic acids is 2. The highest BCUT2D eigenvalue weighted by Gasteiger charge is 2.44. The van der Waals surface area contributed by atoms with Crippen molar-refractivity contribution in [1.82, 2.24) is 10.2 Å². The molecule has 1 saturated carbocycles. The van der Waals surface area contributed by atoms with Crippen LogP contribution in [0.2, 0.25) is 0 Å². The topological polar surface area (TPSA) is 95.9 Å². The standard InChI is InChI=1S/C13H22N2O5/c1-3-15(8-10(16)20-4-2)12(19)14-9-13(11(17)18)6-5-7-13/h3-9H2,1-2H3,(H,14,19)(H,17,18). The van der Waals surface area contributed by atoms with Crippen LogP contribution in [0.15, 0.2) is 0 Å². The maximum atomic E-state index is 11.9. The number of carboxylic acid groups (broad SMARTS) is 1. The number of aliphatic carboxylic acids is 1. The first-order valence-corrected chi connectivity index (χ1v) is 6.87. The Morgan fingerprint density at radius 3 is 2.35 bits per heavy atom. The van der Waals surface area contributed by atoms with E-state index in [0.717, 1.165) is 6.42 Å². The molecule has 0 radical (unpaired) electrons. The molecule has 0 unspecified atom stereocenters. The van der Waals surface area contributed by atoms with Gasteiger partial charge in [-0.25, -0.2) is 4.79 Å². The molecule has 0 heterocycles. The molecule has 114 valence electrons. The lowest BCUT2D eigenvalue weighted by Gasteiger charge is -2.38. The van der Waals surface area contributed by atoms with Crippen molar-refractivity contribution in [2.75, 3.05) is 26.2 Å². The summed E-state index contributed by atoms with van der Waals surface area (Å²) in [7, 11) is 0. The van der Waals surface area contributed by atoms with Gasteiger partial charge in [-0.05, 0) is 26.7 Å². The molecule has 0 aromatic heterocycles. The highest BCUT2D eigenvalue weighted by molar-refractivity contribution is 5.82. The highest BCUT2D eigenvalue weighted by Crippen LogP contribution is 2.40. The number of nitrogens with one attached hydrogen (secondary N) is 1. The van der Waals surface area contributed by atoms with Crippen molar-refractivity contribution >= 4 is 18.0 Å². The van der Waals surface area contributed by atoms with Gasteiger partial charge in [-0.1, -0.05) is 6.42 Å². The summed E-state index contributed by atoms with van der Waals surface area (Å²) in [5.74, 6) is -1.35. The minimum atomic E-state index is -0.877. The first-order valence-electron chi connectivity index (χ1n) is 6.87. The molecule has 0 aliphatic heterocycles. The number of hydrogen-bond donors (Lipinski definition) is 2. The van der Waals surface area contributed by atoms with Crippen molar-refractivity contribution in [1.29, 1.82) is 0 Å². The van der Waals surface area contributed by atoms with Gasteiger partial charge >= 0.3 is 18.0 Å². The number of amides is 2. The number of ether oxygens (including phenoxy) is 1. The minimum Gasteiger partial charge on any atom is -0.481 e. The number of nitrogens with zero attached hydrogens (tertiary/aromatic N) is 1. The van der Waals surface area contributed by atoms with E-state index in [9.17, 15) is 14.4 Å². The van der Waals surface area contributed by atoms with Crippen LogP contribution >= 0.6 is 0 Å². The molecule has 1 fully saturated rings. The average Bonchev–Trinajstić information content (AvgIpc) is 2.34. The predicted molar refractivity (Wildman–Crippen MR) is 71.2 cm³/mol. The fraction of sp³-hybridized carbons (Fsp3) is 0.769. The first-order chi connectivity index (χ1) is 9.45. The highest BCUT2D eigenvalue weighted by atomic mass is 16.5. The number of esters is 1. The Labute approximate surface area is 118 Å². The van der Waals surface area contributed by atoms with E-state index in [1.807, 2.05) is 0 Å². The van der Waals surface area contributed by atoms with Crippen molar-refractivity contribution in [2.24, 2.45) is 5.41 Å². The van der Waals surface area contributed by atoms with Crippen LogP contribution in [0.5, 0.6) is 0 Å². The zero-order valence-electron chi connectivity index (χ0n) is 12.0. The Bertz CT molecular complexity index is 379. The predicted octanol–water partition coefficient (Wildman–Crippen LogP) is 0.836. The summed E-state index contributed by atoms with van der Waals surface area (Å²) in [6.07, 6.45) is 2.02. The van der Waals surface area contributed by atoms with Gasteiger partial charge in [0.25, 0.3) is 0 Å². The van der Waals surface area contributed by atoms with E-state index in [-0.39, 0.29) is 19.7 Å². The summed E-state index contributed by atoms with van der Waals surface area (Å²) in [5.41, 5.74) is -0.834. The van der Waals surface area contributed by atoms with Crippen LogP contribution in [-0.4, -0.2) is 54.2 Å². The summed E-state index contributed by atoms with van der Waals surface area (Å²) < 4.78 is 4.79. The van der Waals surface area contributed by atoms with E-state index in [2.05, 4.69) is 5.32 Å². The van der Waals surface area contributed by atoms with Crippen molar-refractivity contribution in [2.45, 2.75) is 33.1 Å². The number of carbonyl (C=O) groups is 3. The SMILES string of the molecule is CCOC(=O)CN(CC)C(=O)NCC1(C(=O)O)CCC1. The number of rotatable bonds is 7. The summed E-state index contributed by atoms with van der Waals surface area (Å²) in [6.45, 7) is 4.03. The Kier molecular flexibility index (Phi) is 5.79. The Balaban J connectivity index is 2.47. The van der Waals surface area contributed by atoms with Gasteiger partial charge in [0.1, 0.15) is 6.54 Å². The Morgan fingerprint density at radius 1 is 1.30 bits per heavy atom. The van der Waals surface area contributed by atoms with Gasteiger partial charge in [0, 0.05) is 13.1 Å². The van der Waals surface area contributed by atoms with E-state index in [0.29, 0.717) is 19.4 Å². The van der Waals surface area contributed by atoms with Crippen LogP contribution in [-0.2, 0) is 14.3 Å². The van der Waals surface area contributed by atoms with Crippen molar-refractivity contribution < 1.29 is 24.2 Å². The molecule has 1 aliphatic rings. The molecule has 7 heteroatoms. The third kappa shape index (κ3) is 3.85. The van der Waals surface area contributed by atoms with Crippen LogP contribution in [0.4, 0.5) is 4.79 Å². The lowest BCUT2D eigenvalue weighted by Crippen LogP contribution is -2.51. The molecule has 0 aromatic rings. The summed E-state index contributed by atoms with van der Waals surface area (Å²) >= 11 is 0. The van der Waals surface area contributed by atoms with Crippen LogP contribution in [0.1, 0.15) is 33.1 Å². The maximum Gasteiger partial charge on any atom is 0.325 e. The van der Waals surface area contributed by atoms with Gasteiger partial charge in [0.05, 0.1) is 12.0 Å². The second-order valence-electron chi connectivity index (χ2n) is 4.92.